The Kier molecular flexibility index (Phi) is 12.7. The van der Waals surface area contributed by atoms with Crippen LogP contribution in [0.15, 0.2) is 55.6 Å². The van der Waals surface area contributed by atoms with Gasteiger partial charge in [-0.1, -0.05) is 63.3 Å². The van der Waals surface area contributed by atoms with E-state index in [0.29, 0.717) is 32.2 Å². The number of nitrogens with one attached hydrogen (secondary N) is 1. The van der Waals surface area contributed by atoms with Gasteiger partial charge in [-0.25, -0.2) is 0 Å². The number of carbonyl (C=O) groups is 3. The van der Waals surface area contributed by atoms with Crippen LogP contribution in [0.3, 0.4) is 0 Å². The number of ether oxygens (including phenoxy) is 1. The fraction of sp³-hybridized carbons (Fsp3) is 0.581. The number of likely N-dealkylation sites (tertiary alicyclic amines) is 1. The molecule has 1 aromatic carbocycles. The summed E-state index contributed by atoms with van der Waals surface area (Å²) < 4.78 is 5.78. The smallest absolute Gasteiger partial charge is 0.309 e. The monoisotopic (exact) mass is 526 g/mol. The van der Waals surface area contributed by atoms with E-state index in [0.717, 1.165) is 18.4 Å². The minimum absolute atomic E-state index is 0.0426. The number of nitrogens with zero attached hydrogens (tertiary/aromatic N) is 1. The molecule has 0 aromatic heterocycles. The van der Waals surface area contributed by atoms with Crippen LogP contribution in [0.25, 0.3) is 0 Å². The predicted octanol–water partition coefficient (Wildman–Crippen LogP) is 4.45. The Morgan fingerprint density at radius 2 is 1.87 bits per heavy atom. The molecule has 2 amide bonds. The summed E-state index contributed by atoms with van der Waals surface area (Å²) in [5.41, 5.74) is 0.684. The van der Waals surface area contributed by atoms with Crippen LogP contribution in [0.5, 0.6) is 0 Å². The van der Waals surface area contributed by atoms with E-state index in [4.69, 9.17) is 4.74 Å². The Bertz CT molecular complexity index is 924. The largest absolute Gasteiger partial charge is 0.463 e. The molecule has 0 saturated carbocycles. The molecule has 2 N–H and O–H groups in total. The number of carbonyl (C=O) groups excluding carboxylic acids is 3. The molecule has 0 unspecified atom stereocenters. The van der Waals surface area contributed by atoms with E-state index in [-0.39, 0.29) is 54.8 Å². The molecular formula is C31H46N2O5. The Morgan fingerprint density at radius 1 is 1.16 bits per heavy atom. The van der Waals surface area contributed by atoms with Crippen LogP contribution in [0.4, 0.5) is 0 Å². The number of amides is 2. The van der Waals surface area contributed by atoms with Crippen molar-refractivity contribution in [2.24, 2.45) is 17.3 Å². The van der Waals surface area contributed by atoms with Crippen LogP contribution in [0.2, 0.25) is 0 Å². The van der Waals surface area contributed by atoms with Crippen LogP contribution >= 0.6 is 0 Å². The van der Waals surface area contributed by atoms with E-state index >= 15 is 0 Å². The first kappa shape index (κ1) is 31.3. The molecule has 2 rings (SSSR count). The minimum atomic E-state index is -0.584. The van der Waals surface area contributed by atoms with Crippen molar-refractivity contribution >= 4 is 17.8 Å². The summed E-state index contributed by atoms with van der Waals surface area (Å²) in [5, 5.41) is 12.6. The number of aliphatic hydroxyl groups excluding tert-OH is 1. The van der Waals surface area contributed by atoms with Crippen molar-refractivity contribution < 1.29 is 24.2 Å². The highest BCUT2D eigenvalue weighted by atomic mass is 16.5. The minimum Gasteiger partial charge on any atom is -0.463 e. The highest BCUT2D eigenvalue weighted by molar-refractivity contribution is 5.86. The third-order valence-electron chi connectivity index (χ3n) is 7.28. The van der Waals surface area contributed by atoms with Crippen molar-refractivity contribution in [2.45, 2.75) is 77.8 Å². The summed E-state index contributed by atoms with van der Waals surface area (Å²) >= 11 is 0. The lowest BCUT2D eigenvalue weighted by Crippen LogP contribution is -2.50. The third kappa shape index (κ3) is 9.75. The van der Waals surface area contributed by atoms with Gasteiger partial charge in [0.05, 0.1) is 30.5 Å². The number of hydrogen-bond donors (Lipinski definition) is 2. The molecule has 1 heterocycles. The number of benzene rings is 1. The lowest BCUT2D eigenvalue weighted by atomic mass is 9.86. The van der Waals surface area contributed by atoms with Crippen molar-refractivity contribution in [1.82, 2.24) is 10.2 Å². The molecule has 1 aromatic rings. The van der Waals surface area contributed by atoms with Gasteiger partial charge in [-0.2, -0.15) is 0 Å². The number of esters is 1. The van der Waals surface area contributed by atoms with Crippen LogP contribution in [0.1, 0.15) is 64.9 Å². The van der Waals surface area contributed by atoms with E-state index in [1.807, 2.05) is 51.1 Å². The first-order valence-corrected chi connectivity index (χ1v) is 13.7. The number of rotatable bonds is 15. The summed E-state index contributed by atoms with van der Waals surface area (Å²) in [6.07, 6.45) is 7.39. The van der Waals surface area contributed by atoms with E-state index in [1.54, 1.807) is 17.1 Å². The molecule has 4 atom stereocenters. The lowest BCUT2D eigenvalue weighted by molar-refractivity contribution is -0.151. The second kappa shape index (κ2) is 15.5. The Balaban J connectivity index is 2.05. The SMILES string of the molecule is C=CCC[C@H](Cc1ccccc1)C(=O)OC[C@@H](NC(=O)[C@@H](CC=C)CC(=O)N1CCC[C@H]1CO)C(C)(C)C. The van der Waals surface area contributed by atoms with Crippen LogP contribution in [-0.2, 0) is 25.5 Å². The average Bonchev–Trinajstić information content (AvgIpc) is 3.37. The van der Waals surface area contributed by atoms with Crippen molar-refractivity contribution in [2.75, 3.05) is 19.8 Å². The van der Waals surface area contributed by atoms with Crippen molar-refractivity contribution in [3.05, 3.63) is 61.2 Å². The van der Waals surface area contributed by atoms with Gasteiger partial charge in [-0.3, -0.25) is 14.4 Å². The summed E-state index contributed by atoms with van der Waals surface area (Å²) in [4.78, 5) is 41.0. The normalized spacial score (nSPS) is 17.8. The van der Waals surface area contributed by atoms with Crippen LogP contribution in [0, 0.1) is 17.3 Å². The van der Waals surface area contributed by atoms with Gasteiger partial charge in [0.15, 0.2) is 0 Å². The number of allylic oxidation sites excluding steroid dienone is 2. The molecule has 7 heteroatoms. The highest BCUT2D eigenvalue weighted by Gasteiger charge is 2.34. The van der Waals surface area contributed by atoms with Gasteiger partial charge in [0.25, 0.3) is 0 Å². The maximum atomic E-state index is 13.3. The zero-order valence-corrected chi connectivity index (χ0v) is 23.4. The maximum Gasteiger partial charge on any atom is 0.309 e. The summed E-state index contributed by atoms with van der Waals surface area (Å²) in [6, 6.07) is 9.23. The van der Waals surface area contributed by atoms with Gasteiger partial charge in [-0.15, -0.1) is 13.2 Å². The topological polar surface area (TPSA) is 95.9 Å². The molecule has 1 saturated heterocycles. The van der Waals surface area contributed by atoms with Crippen molar-refractivity contribution in [1.29, 1.82) is 0 Å². The van der Waals surface area contributed by atoms with E-state index < -0.39 is 12.0 Å². The number of hydrogen-bond acceptors (Lipinski definition) is 5. The molecule has 0 spiro atoms. The molecule has 0 aliphatic carbocycles. The molecule has 0 bridgehead atoms. The van der Waals surface area contributed by atoms with E-state index in [9.17, 15) is 19.5 Å². The van der Waals surface area contributed by atoms with Gasteiger partial charge in [0.2, 0.25) is 11.8 Å². The molecule has 38 heavy (non-hydrogen) atoms. The first-order chi connectivity index (χ1) is 18.1. The molecule has 7 nitrogen and oxygen atoms in total. The van der Waals surface area contributed by atoms with Gasteiger partial charge < -0.3 is 20.1 Å². The van der Waals surface area contributed by atoms with Gasteiger partial charge in [0.1, 0.15) is 6.61 Å². The summed E-state index contributed by atoms with van der Waals surface area (Å²) in [7, 11) is 0. The van der Waals surface area contributed by atoms with E-state index in [1.165, 1.54) is 0 Å². The standard InChI is InChI=1S/C31H46N2O5/c1-6-8-16-25(19-23-14-10-9-11-15-23)30(37)38-22-27(31(3,4)5)32-29(36)24(13-7-2)20-28(35)33-18-12-17-26(33)21-34/h6-7,9-11,14-15,24-27,34H,1-2,8,12-13,16-22H2,3-5H3,(H,32,36)/t24-,25+,26-,27+/m0/s1. The quantitative estimate of drug-likeness (QED) is 0.260. The highest BCUT2D eigenvalue weighted by Crippen LogP contribution is 2.24. The predicted molar refractivity (Wildman–Crippen MR) is 150 cm³/mol. The van der Waals surface area contributed by atoms with Crippen LogP contribution in [-0.4, -0.2) is 59.6 Å². The maximum absolute atomic E-state index is 13.3. The second-order valence-electron chi connectivity index (χ2n) is 11.3. The van der Waals surface area contributed by atoms with Crippen molar-refractivity contribution in [3.63, 3.8) is 0 Å². The lowest BCUT2D eigenvalue weighted by Gasteiger charge is -2.33. The molecule has 1 aliphatic rings. The zero-order valence-electron chi connectivity index (χ0n) is 23.4. The Hall–Kier alpha value is -2.93. The molecule has 1 aliphatic heterocycles. The summed E-state index contributed by atoms with van der Waals surface area (Å²) in [6.45, 7) is 14.1. The number of aliphatic hydroxyl groups is 1. The Morgan fingerprint density at radius 3 is 2.47 bits per heavy atom. The van der Waals surface area contributed by atoms with Gasteiger partial charge in [0, 0.05) is 13.0 Å². The molecular weight excluding hydrogens is 480 g/mol. The molecule has 210 valence electrons. The van der Waals surface area contributed by atoms with E-state index in [2.05, 4.69) is 18.5 Å². The Labute approximate surface area is 228 Å². The summed E-state index contributed by atoms with van der Waals surface area (Å²) in [5.74, 6) is -1.58. The van der Waals surface area contributed by atoms with Gasteiger partial charge >= 0.3 is 5.97 Å². The fourth-order valence-electron chi connectivity index (χ4n) is 4.77. The fourth-order valence-corrected chi connectivity index (χ4v) is 4.77. The third-order valence-corrected chi connectivity index (χ3v) is 7.28. The van der Waals surface area contributed by atoms with Crippen LogP contribution < -0.4 is 5.32 Å². The zero-order chi connectivity index (χ0) is 28.1. The second-order valence-corrected chi connectivity index (χ2v) is 11.3. The average molecular weight is 527 g/mol. The van der Waals surface area contributed by atoms with Crippen molar-refractivity contribution in [3.8, 4) is 0 Å². The molecule has 0 radical (unpaired) electrons. The first-order valence-electron chi connectivity index (χ1n) is 13.7. The van der Waals surface area contributed by atoms with Gasteiger partial charge in [-0.05, 0) is 49.5 Å². The molecule has 1 fully saturated rings.